The summed E-state index contributed by atoms with van der Waals surface area (Å²) in [5.74, 6) is 0.131. The number of amidine groups is 1. The van der Waals surface area contributed by atoms with E-state index in [1.807, 2.05) is 0 Å². The lowest BCUT2D eigenvalue weighted by Crippen LogP contribution is -2.11. The van der Waals surface area contributed by atoms with E-state index in [1.54, 1.807) is 11.4 Å². The number of hydrogen-bond acceptors (Lipinski definition) is 3. The molecule has 1 rings (SSSR count). The van der Waals surface area contributed by atoms with Crippen LogP contribution in [0.25, 0.3) is 0 Å². The van der Waals surface area contributed by atoms with Gasteiger partial charge in [-0.2, -0.15) is 0 Å². The number of thiophene rings is 1. The zero-order valence-electron chi connectivity index (χ0n) is 5.24. The van der Waals surface area contributed by atoms with Crippen molar-refractivity contribution in [2.45, 2.75) is 0 Å². The van der Waals surface area contributed by atoms with Crippen molar-refractivity contribution in [3.8, 4) is 0 Å². The number of nitrogens with two attached hydrogens (primary N) is 1. The van der Waals surface area contributed by atoms with Crippen LogP contribution >= 0.6 is 11.3 Å². The maximum atomic E-state index is 8.24. The van der Waals surface area contributed by atoms with E-state index in [-0.39, 0.29) is 5.84 Å². The van der Waals surface area contributed by atoms with Crippen LogP contribution in [-0.4, -0.2) is 11.0 Å². The van der Waals surface area contributed by atoms with Crippen LogP contribution in [-0.2, 0) is 0 Å². The Morgan fingerprint density at radius 1 is 1.80 bits per heavy atom. The largest absolute Gasteiger partial charge is 0.409 e. The Morgan fingerprint density at radius 3 is 2.90 bits per heavy atom. The van der Waals surface area contributed by atoms with Gasteiger partial charge in [0, 0.05) is 15.8 Å². The van der Waals surface area contributed by atoms with E-state index in [4.69, 9.17) is 10.9 Å². The van der Waals surface area contributed by atoms with Gasteiger partial charge in [0.2, 0.25) is 0 Å². The highest BCUT2D eigenvalue weighted by molar-refractivity contribution is 7.10. The fraction of sp³-hybridized carbons (Fsp3) is 0. The summed E-state index contributed by atoms with van der Waals surface area (Å²) in [5, 5.41) is 12.9. The molecule has 0 amide bonds. The van der Waals surface area contributed by atoms with Crippen molar-refractivity contribution < 1.29 is 5.21 Å². The van der Waals surface area contributed by atoms with Crippen LogP contribution in [0.4, 0.5) is 0 Å². The molecule has 0 saturated heterocycles. The van der Waals surface area contributed by atoms with E-state index in [0.717, 1.165) is 10.4 Å². The summed E-state index contributed by atoms with van der Waals surface area (Å²) in [5.41, 5.74) is 6.01. The molecule has 0 unspecified atom stereocenters. The lowest BCUT2D eigenvalue weighted by Gasteiger charge is -1.88. The molecular weight excluding hydrogens is 148 g/mol. The summed E-state index contributed by atoms with van der Waals surface area (Å²) in [4.78, 5) is 0.904. The number of oxime groups is 1. The van der Waals surface area contributed by atoms with Gasteiger partial charge in [-0.15, -0.1) is 11.3 Å². The second-order valence-electron chi connectivity index (χ2n) is 1.79. The first-order valence-corrected chi connectivity index (χ1v) is 3.50. The van der Waals surface area contributed by atoms with E-state index in [9.17, 15) is 0 Å². The van der Waals surface area contributed by atoms with E-state index in [1.165, 1.54) is 11.3 Å². The standard InChI is InChI=1S/C6H7N2OS/c1-4-2-5(3-10-4)6(7)8-9/h2-3,9H,1H2,(H2,7,8). The Labute approximate surface area is 62.8 Å². The summed E-state index contributed by atoms with van der Waals surface area (Å²) < 4.78 is 0. The van der Waals surface area contributed by atoms with E-state index < -0.39 is 0 Å². The topological polar surface area (TPSA) is 58.6 Å². The predicted octanol–water partition coefficient (Wildman–Crippen LogP) is 1.02. The molecule has 0 aromatic carbocycles. The Morgan fingerprint density at radius 2 is 2.50 bits per heavy atom. The molecule has 0 aliphatic heterocycles. The first kappa shape index (κ1) is 7.08. The average Bonchev–Trinajstić information content (AvgIpc) is 2.34. The number of nitrogens with zero attached hydrogens (tertiary/aromatic N) is 1. The lowest BCUT2D eigenvalue weighted by atomic mass is 10.3. The second kappa shape index (κ2) is 2.70. The molecule has 3 N–H and O–H groups in total. The van der Waals surface area contributed by atoms with Crippen LogP contribution < -0.4 is 5.73 Å². The first-order chi connectivity index (χ1) is 4.74. The van der Waals surface area contributed by atoms with Crippen molar-refractivity contribution in [2.75, 3.05) is 0 Å². The van der Waals surface area contributed by atoms with Crippen LogP contribution in [0.1, 0.15) is 10.4 Å². The van der Waals surface area contributed by atoms with Gasteiger partial charge in [0.25, 0.3) is 0 Å². The molecule has 10 heavy (non-hydrogen) atoms. The molecule has 1 aromatic heterocycles. The van der Waals surface area contributed by atoms with Gasteiger partial charge in [0.1, 0.15) is 0 Å². The molecule has 0 bridgehead atoms. The molecule has 0 fully saturated rings. The van der Waals surface area contributed by atoms with Crippen LogP contribution in [0.2, 0.25) is 0 Å². The SMILES string of the molecule is [CH2]c1cc(C(N)=NO)cs1. The average molecular weight is 155 g/mol. The van der Waals surface area contributed by atoms with Gasteiger partial charge < -0.3 is 10.9 Å². The zero-order chi connectivity index (χ0) is 7.56. The van der Waals surface area contributed by atoms with Gasteiger partial charge in [-0.25, -0.2) is 0 Å². The molecule has 1 radical (unpaired) electrons. The Bertz CT molecular complexity index is 254. The van der Waals surface area contributed by atoms with Crippen molar-refractivity contribution in [3.05, 3.63) is 28.8 Å². The molecular formula is C6H7N2OS. The molecule has 1 aromatic rings. The van der Waals surface area contributed by atoms with Crippen LogP contribution in [0.15, 0.2) is 16.6 Å². The van der Waals surface area contributed by atoms with Crippen molar-refractivity contribution in [2.24, 2.45) is 10.9 Å². The summed E-state index contributed by atoms with van der Waals surface area (Å²) in [7, 11) is 0. The van der Waals surface area contributed by atoms with E-state index >= 15 is 0 Å². The fourth-order valence-corrected chi connectivity index (χ4v) is 1.23. The quantitative estimate of drug-likeness (QED) is 0.275. The smallest absolute Gasteiger partial charge is 0.170 e. The van der Waals surface area contributed by atoms with Gasteiger partial charge in [-0.05, 0) is 13.0 Å². The van der Waals surface area contributed by atoms with Gasteiger partial charge in [0.15, 0.2) is 5.84 Å². The van der Waals surface area contributed by atoms with Gasteiger partial charge in [0.05, 0.1) is 0 Å². The summed E-state index contributed by atoms with van der Waals surface area (Å²) in [6.45, 7) is 3.68. The summed E-state index contributed by atoms with van der Waals surface area (Å²) in [6.07, 6.45) is 0. The Balaban J connectivity index is 2.95. The first-order valence-electron chi connectivity index (χ1n) is 2.62. The highest BCUT2D eigenvalue weighted by Gasteiger charge is 1.99. The zero-order valence-corrected chi connectivity index (χ0v) is 6.06. The predicted molar refractivity (Wildman–Crippen MR) is 41.3 cm³/mol. The van der Waals surface area contributed by atoms with Crippen molar-refractivity contribution in [3.63, 3.8) is 0 Å². The van der Waals surface area contributed by atoms with E-state index in [0.29, 0.717) is 0 Å². The third-order valence-corrected chi connectivity index (χ3v) is 1.85. The summed E-state index contributed by atoms with van der Waals surface area (Å²) >= 11 is 1.47. The van der Waals surface area contributed by atoms with Crippen molar-refractivity contribution in [1.29, 1.82) is 0 Å². The molecule has 3 nitrogen and oxygen atoms in total. The lowest BCUT2D eigenvalue weighted by molar-refractivity contribution is 0.318. The third kappa shape index (κ3) is 1.27. The minimum Gasteiger partial charge on any atom is -0.409 e. The summed E-state index contributed by atoms with van der Waals surface area (Å²) in [6, 6.07) is 1.76. The minimum absolute atomic E-state index is 0.131. The normalized spacial score (nSPS) is 11.9. The molecule has 0 spiro atoms. The molecule has 1 heterocycles. The molecule has 0 aliphatic carbocycles. The van der Waals surface area contributed by atoms with Crippen LogP contribution in [0.3, 0.4) is 0 Å². The van der Waals surface area contributed by atoms with Crippen LogP contribution in [0, 0.1) is 6.92 Å². The molecule has 53 valence electrons. The minimum atomic E-state index is 0.131. The number of rotatable bonds is 1. The maximum Gasteiger partial charge on any atom is 0.170 e. The molecule has 0 atom stereocenters. The monoisotopic (exact) mass is 155 g/mol. The Hall–Kier alpha value is -1.03. The molecule has 0 saturated carbocycles. The van der Waals surface area contributed by atoms with E-state index in [2.05, 4.69) is 12.1 Å². The maximum absolute atomic E-state index is 8.24. The van der Waals surface area contributed by atoms with Crippen molar-refractivity contribution in [1.82, 2.24) is 0 Å². The van der Waals surface area contributed by atoms with Gasteiger partial charge in [-0.3, -0.25) is 0 Å². The Kier molecular flexibility index (Phi) is 1.91. The third-order valence-electron chi connectivity index (χ3n) is 1.06. The highest BCUT2D eigenvalue weighted by atomic mass is 32.1. The highest BCUT2D eigenvalue weighted by Crippen LogP contribution is 2.11. The van der Waals surface area contributed by atoms with Crippen LogP contribution in [0.5, 0.6) is 0 Å². The fourth-order valence-electron chi connectivity index (χ4n) is 0.573. The molecule has 0 aliphatic rings. The molecule has 4 heteroatoms. The number of hydrogen-bond donors (Lipinski definition) is 2. The van der Waals surface area contributed by atoms with Gasteiger partial charge >= 0.3 is 0 Å². The second-order valence-corrected chi connectivity index (χ2v) is 2.78. The van der Waals surface area contributed by atoms with Gasteiger partial charge in [-0.1, -0.05) is 5.16 Å². The van der Waals surface area contributed by atoms with Crippen molar-refractivity contribution >= 4 is 17.2 Å².